The monoisotopic (exact) mass is 418 g/mol. The van der Waals surface area contributed by atoms with E-state index in [-0.39, 0.29) is 5.91 Å². The van der Waals surface area contributed by atoms with Crippen LogP contribution in [0.1, 0.15) is 21.1 Å². The normalized spacial score (nSPS) is 10.8. The van der Waals surface area contributed by atoms with E-state index < -0.39 is 0 Å². The summed E-state index contributed by atoms with van der Waals surface area (Å²) in [7, 11) is 3.39. The van der Waals surface area contributed by atoms with E-state index in [1.54, 1.807) is 36.2 Å². The van der Waals surface area contributed by atoms with Gasteiger partial charge in [0.05, 0.1) is 25.0 Å². The Labute approximate surface area is 179 Å². The van der Waals surface area contributed by atoms with E-state index in [1.807, 2.05) is 61.5 Å². The molecular formula is C23H22N4O2S. The van der Waals surface area contributed by atoms with Crippen molar-refractivity contribution < 1.29 is 9.53 Å². The number of ether oxygens (including phenoxy) is 1. The molecule has 30 heavy (non-hydrogen) atoms. The van der Waals surface area contributed by atoms with E-state index >= 15 is 0 Å². The Morgan fingerprint density at radius 1 is 1.10 bits per heavy atom. The standard InChI is InChI=1S/C23H22N4O2S/c1-15-21(30-23(25-15)16-8-5-4-6-9-16)14-24-22(28)20-13-19(26-27(20)2)17-10-7-11-18(12-17)29-3/h4-13H,14H2,1-3H3,(H,24,28). The van der Waals surface area contributed by atoms with E-state index in [0.29, 0.717) is 12.2 Å². The van der Waals surface area contributed by atoms with E-state index in [1.165, 1.54) is 0 Å². The second kappa shape index (κ2) is 8.51. The number of hydrogen-bond acceptors (Lipinski definition) is 5. The van der Waals surface area contributed by atoms with Crippen molar-refractivity contribution in [1.82, 2.24) is 20.1 Å². The third kappa shape index (κ3) is 4.11. The van der Waals surface area contributed by atoms with Crippen LogP contribution >= 0.6 is 11.3 Å². The third-order valence-electron chi connectivity index (χ3n) is 4.80. The molecule has 2 heterocycles. The zero-order valence-corrected chi connectivity index (χ0v) is 17.9. The van der Waals surface area contributed by atoms with Gasteiger partial charge in [-0.1, -0.05) is 42.5 Å². The SMILES string of the molecule is COc1cccc(-c2cc(C(=O)NCc3sc(-c4ccccc4)nc3C)n(C)n2)c1. The Bertz CT molecular complexity index is 1180. The van der Waals surface area contributed by atoms with Gasteiger partial charge in [0.25, 0.3) is 5.91 Å². The van der Waals surface area contributed by atoms with Crippen molar-refractivity contribution in [2.45, 2.75) is 13.5 Å². The fourth-order valence-electron chi connectivity index (χ4n) is 3.15. The van der Waals surface area contributed by atoms with Gasteiger partial charge in [-0.2, -0.15) is 5.10 Å². The lowest BCUT2D eigenvalue weighted by Gasteiger charge is -2.04. The molecule has 1 amide bonds. The molecule has 0 saturated heterocycles. The zero-order valence-electron chi connectivity index (χ0n) is 17.0. The largest absolute Gasteiger partial charge is 0.497 e. The second-order valence-corrected chi connectivity index (χ2v) is 7.93. The van der Waals surface area contributed by atoms with Crippen molar-refractivity contribution >= 4 is 17.2 Å². The quantitative estimate of drug-likeness (QED) is 0.502. The molecular weight excluding hydrogens is 396 g/mol. The molecule has 0 aliphatic heterocycles. The highest BCUT2D eigenvalue weighted by Crippen LogP contribution is 2.28. The van der Waals surface area contributed by atoms with Crippen molar-refractivity contribution in [3.63, 3.8) is 0 Å². The molecule has 0 aliphatic carbocycles. The number of aromatic nitrogens is 3. The summed E-state index contributed by atoms with van der Waals surface area (Å²) < 4.78 is 6.87. The number of rotatable bonds is 6. The Morgan fingerprint density at radius 3 is 2.63 bits per heavy atom. The molecule has 0 atom stereocenters. The molecule has 0 spiro atoms. The maximum absolute atomic E-state index is 12.8. The van der Waals surface area contributed by atoms with Crippen molar-refractivity contribution in [1.29, 1.82) is 0 Å². The van der Waals surface area contributed by atoms with Gasteiger partial charge in [-0.05, 0) is 25.1 Å². The maximum atomic E-state index is 12.8. The first-order valence-electron chi connectivity index (χ1n) is 9.53. The van der Waals surface area contributed by atoms with Gasteiger partial charge in [0, 0.05) is 23.1 Å². The summed E-state index contributed by atoms with van der Waals surface area (Å²) in [5.41, 5.74) is 4.13. The van der Waals surface area contributed by atoms with Crippen molar-refractivity contribution in [2.24, 2.45) is 7.05 Å². The molecule has 0 aliphatic rings. The van der Waals surface area contributed by atoms with E-state index in [4.69, 9.17) is 4.74 Å². The fraction of sp³-hybridized carbons (Fsp3) is 0.174. The van der Waals surface area contributed by atoms with Gasteiger partial charge < -0.3 is 10.1 Å². The topological polar surface area (TPSA) is 69.0 Å². The van der Waals surface area contributed by atoms with Crippen LogP contribution in [-0.4, -0.2) is 27.8 Å². The molecule has 4 rings (SSSR count). The molecule has 0 fully saturated rings. The van der Waals surface area contributed by atoms with Gasteiger partial charge >= 0.3 is 0 Å². The summed E-state index contributed by atoms with van der Waals surface area (Å²) in [6.07, 6.45) is 0. The molecule has 0 unspecified atom stereocenters. The van der Waals surface area contributed by atoms with Crippen LogP contribution in [-0.2, 0) is 13.6 Å². The highest BCUT2D eigenvalue weighted by Gasteiger charge is 2.16. The summed E-state index contributed by atoms with van der Waals surface area (Å²) in [5.74, 6) is 0.576. The summed E-state index contributed by atoms with van der Waals surface area (Å²) in [6.45, 7) is 2.39. The van der Waals surface area contributed by atoms with Crippen molar-refractivity contribution in [2.75, 3.05) is 7.11 Å². The number of nitrogens with zero attached hydrogens (tertiary/aromatic N) is 3. The number of hydrogen-bond donors (Lipinski definition) is 1. The Balaban J connectivity index is 1.49. The number of benzene rings is 2. The van der Waals surface area contributed by atoms with Gasteiger partial charge in [-0.3, -0.25) is 9.48 Å². The maximum Gasteiger partial charge on any atom is 0.269 e. The van der Waals surface area contributed by atoms with Crippen LogP contribution in [0.3, 0.4) is 0 Å². The number of nitrogens with one attached hydrogen (secondary N) is 1. The Morgan fingerprint density at radius 2 is 1.87 bits per heavy atom. The third-order valence-corrected chi connectivity index (χ3v) is 6.01. The van der Waals surface area contributed by atoms with Gasteiger partial charge in [-0.15, -0.1) is 11.3 Å². The average molecular weight is 419 g/mol. The van der Waals surface area contributed by atoms with Gasteiger partial charge in [0.15, 0.2) is 0 Å². The predicted molar refractivity (Wildman–Crippen MR) is 119 cm³/mol. The first-order valence-corrected chi connectivity index (χ1v) is 10.3. The first kappa shape index (κ1) is 19.8. The lowest BCUT2D eigenvalue weighted by atomic mass is 10.1. The predicted octanol–water partition coefficient (Wildman–Crippen LogP) is 4.46. The highest BCUT2D eigenvalue weighted by atomic mass is 32.1. The summed E-state index contributed by atoms with van der Waals surface area (Å²) in [6, 6.07) is 19.5. The van der Waals surface area contributed by atoms with Crippen LogP contribution in [0.25, 0.3) is 21.8 Å². The summed E-state index contributed by atoms with van der Waals surface area (Å²) >= 11 is 1.60. The summed E-state index contributed by atoms with van der Waals surface area (Å²) in [4.78, 5) is 18.5. The van der Waals surface area contributed by atoms with E-state index in [9.17, 15) is 4.79 Å². The first-order chi connectivity index (χ1) is 14.5. The molecule has 4 aromatic rings. The van der Waals surface area contributed by atoms with Crippen molar-refractivity contribution in [3.8, 4) is 27.6 Å². The second-order valence-electron chi connectivity index (χ2n) is 6.85. The number of carbonyl (C=O) groups is 1. The minimum absolute atomic E-state index is 0.173. The molecule has 6 nitrogen and oxygen atoms in total. The molecule has 0 bridgehead atoms. The van der Waals surface area contributed by atoms with Gasteiger partial charge in [0.1, 0.15) is 16.5 Å². The molecule has 2 aromatic carbocycles. The number of thiazole rings is 1. The highest BCUT2D eigenvalue weighted by molar-refractivity contribution is 7.15. The van der Waals surface area contributed by atoms with Crippen LogP contribution in [0.15, 0.2) is 60.7 Å². The minimum Gasteiger partial charge on any atom is -0.497 e. The molecule has 152 valence electrons. The lowest BCUT2D eigenvalue weighted by molar-refractivity contribution is 0.0942. The Kier molecular flexibility index (Phi) is 5.63. The fourth-order valence-corrected chi connectivity index (χ4v) is 4.16. The van der Waals surface area contributed by atoms with Crippen LogP contribution in [0, 0.1) is 6.92 Å². The van der Waals surface area contributed by atoms with E-state index in [0.717, 1.165) is 38.1 Å². The number of amides is 1. The number of aryl methyl sites for hydroxylation is 2. The lowest BCUT2D eigenvalue weighted by Crippen LogP contribution is -2.25. The van der Waals surface area contributed by atoms with Crippen LogP contribution in [0.5, 0.6) is 5.75 Å². The van der Waals surface area contributed by atoms with Gasteiger partial charge in [0.2, 0.25) is 0 Å². The summed E-state index contributed by atoms with van der Waals surface area (Å²) in [5, 5.41) is 8.44. The molecule has 0 saturated carbocycles. The van der Waals surface area contributed by atoms with Crippen LogP contribution < -0.4 is 10.1 Å². The molecule has 7 heteroatoms. The molecule has 0 radical (unpaired) electrons. The smallest absolute Gasteiger partial charge is 0.269 e. The Hall–Kier alpha value is -3.45. The average Bonchev–Trinajstić information content (AvgIpc) is 3.35. The van der Waals surface area contributed by atoms with Gasteiger partial charge in [-0.25, -0.2) is 4.98 Å². The number of carbonyl (C=O) groups excluding carboxylic acids is 1. The van der Waals surface area contributed by atoms with Crippen LogP contribution in [0.4, 0.5) is 0 Å². The minimum atomic E-state index is -0.173. The number of methoxy groups -OCH3 is 1. The molecule has 2 aromatic heterocycles. The zero-order chi connectivity index (χ0) is 21.1. The van der Waals surface area contributed by atoms with Crippen molar-refractivity contribution in [3.05, 3.63) is 76.9 Å². The van der Waals surface area contributed by atoms with Crippen LogP contribution in [0.2, 0.25) is 0 Å². The molecule has 1 N–H and O–H groups in total. The van der Waals surface area contributed by atoms with E-state index in [2.05, 4.69) is 15.4 Å².